The average Bonchev–Trinajstić information content (AvgIpc) is 1.63. The van der Waals surface area contributed by atoms with E-state index in [2.05, 4.69) is 70.2 Å². The van der Waals surface area contributed by atoms with E-state index >= 15 is 0 Å². The van der Waals surface area contributed by atoms with Gasteiger partial charge in [-0.3, -0.25) is 81.4 Å². The van der Waals surface area contributed by atoms with Gasteiger partial charge in [0, 0.05) is 283 Å². The summed E-state index contributed by atoms with van der Waals surface area (Å²) in [6.07, 6.45) is 26.8. The van der Waals surface area contributed by atoms with Crippen LogP contribution in [0.3, 0.4) is 0 Å². The molecule has 15 rings (SSSR count). The number of aliphatic hydroxyl groups is 7. The molecule has 0 aliphatic heterocycles. The Bertz CT molecular complexity index is 6030. The third-order valence-corrected chi connectivity index (χ3v) is 19.1. The number of aromatic nitrogens is 13. The maximum absolute atomic E-state index is 13.3. The predicted octanol–water partition coefficient (Wildman–Crippen LogP) is 20.0. The van der Waals surface area contributed by atoms with E-state index in [9.17, 15) is 77.3 Å². The number of aliphatic hydroxyl groups excluding tert-OH is 7. The zero-order valence-electron chi connectivity index (χ0n) is 80.3. The van der Waals surface area contributed by atoms with E-state index in [1.54, 1.807) is 203 Å². The molecule has 7 N–H and O–H groups in total. The number of carbonyl (C=O) groups is 5. The number of halogens is 4. The van der Waals surface area contributed by atoms with Crippen molar-refractivity contribution in [3.8, 4) is 68.4 Å². The number of pyridine rings is 3. The summed E-state index contributed by atoms with van der Waals surface area (Å²) in [4.78, 5) is 87.8. The number of ether oxygens (including phenoxy) is 2. The second kappa shape index (κ2) is 65.6. The molecule has 757 valence electrons. The monoisotopic (exact) mass is 2830 g/mol. The van der Waals surface area contributed by atoms with Gasteiger partial charge in [-0.1, -0.05) is 107 Å². The third kappa shape index (κ3) is 39.6. The van der Waals surface area contributed by atoms with Gasteiger partial charge in [-0.05, 0) is 133 Å². The zero-order chi connectivity index (χ0) is 101. The first-order chi connectivity index (χ1) is 65.4. The minimum atomic E-state index is -0.653. The van der Waals surface area contributed by atoms with Crippen LogP contribution in [0.1, 0.15) is 108 Å². The van der Waals surface area contributed by atoms with E-state index in [-0.39, 0.29) is 183 Å². The quantitative estimate of drug-likeness (QED) is 0.0171. The van der Waals surface area contributed by atoms with Gasteiger partial charge >= 0.3 is 0 Å². The predicted molar refractivity (Wildman–Crippen MR) is 517 cm³/mol. The number of ketones is 5. The number of Topliss-reactive ketones (excluding diaryl/α,β-unsaturated/α-hetero) is 5. The van der Waals surface area contributed by atoms with E-state index in [4.69, 9.17) is 9.47 Å². The first-order valence-corrected chi connectivity index (χ1v) is 41.7. The van der Waals surface area contributed by atoms with Crippen molar-refractivity contribution in [1.29, 1.82) is 0 Å². The Hall–Kier alpha value is -13.4. The van der Waals surface area contributed by atoms with Crippen molar-refractivity contribution in [2.75, 3.05) is 14.2 Å². The first kappa shape index (κ1) is 127. The maximum Gasteiger partial charge on any atom is 0.163 e. The number of rotatable bonds is 19. The Kier molecular flexibility index (Phi) is 58.4. The SMILES string of the molecule is CC(=O)C(=C(C)O)c1ccccc1.CC(=O)C(=C(C)O)c1ccccc1.CC(=O)C(=C(C)O)c1ccncc1.CC(=O)C(=C(C)O)c1ccncc1.CC(=O)C(=C(C)O)c1ccncc1.COc1c[c-]c(-c2nccn2C)c(CO)c1.COc1c[c-]c(-c2nccn2C)c(CO)c1.Cn1ccnc1-c1[c-]cc(F)cc1F.Cn1ccnc1-c1[c-]cc(F)cc1F.Cn1ccnc1-c1[c-]cccc1.[Ir].[Ir].[Ir].[Ir].[Ir]. The number of imidazole rings is 5. The molecule has 0 saturated carbocycles. The van der Waals surface area contributed by atoms with Crippen molar-refractivity contribution in [2.24, 2.45) is 35.2 Å². The van der Waals surface area contributed by atoms with Crippen molar-refractivity contribution < 1.29 is 187 Å². The summed E-state index contributed by atoms with van der Waals surface area (Å²) >= 11 is 0. The van der Waals surface area contributed by atoms with Crippen LogP contribution in [0.5, 0.6) is 11.5 Å². The van der Waals surface area contributed by atoms with Crippen molar-refractivity contribution >= 4 is 56.8 Å². The number of benzene rings is 7. The van der Waals surface area contributed by atoms with E-state index in [0.29, 0.717) is 67.7 Å². The van der Waals surface area contributed by atoms with Gasteiger partial charge < -0.3 is 68.1 Å². The first-order valence-electron chi connectivity index (χ1n) is 41.7. The van der Waals surface area contributed by atoms with Crippen LogP contribution in [-0.4, -0.2) is 142 Å². The number of carbonyl (C=O) groups excluding carboxylic acids is 5. The number of aryl methyl sites for hydroxylation is 5. The standard InChI is InChI=1S/2C12H13N2O2.2C11H12O2.2C10H7F2N2.C10H9N2.3C10H11NO2.5Ir/c2*1-14-6-5-13-12(14)11-4-3-10(16-2)7-9(11)8-15;2*1-8(12)11(9(2)13)10-6-4-3-5-7-10;2*1-14-5-4-13-10(14)8-3-2-7(11)6-9(8)12;1-12-8-7-11-10(12)9-5-3-2-4-6-9;3*1-7(12)10(8(2)13)9-3-5-11-6-4-9;;;;;/h2*3,5-7,15H,8H2,1-2H3;2*3-7,12H,1-2H3;2*2,4-6H,1H3;2-5,7-8H,1H3;3*3-6,12H,1-2H3;;;;;/q2*-1;;;3*-1;;;;;;;;. The Morgan fingerprint density at radius 1 is 0.310 bits per heavy atom. The zero-order valence-corrected chi connectivity index (χ0v) is 92.3. The molecule has 15 aromatic rings. The van der Waals surface area contributed by atoms with Crippen LogP contribution < -0.4 is 9.47 Å². The Labute approximate surface area is 890 Å². The molecule has 27 nitrogen and oxygen atoms in total. The molecule has 0 saturated heterocycles. The third-order valence-electron chi connectivity index (χ3n) is 19.1. The van der Waals surface area contributed by atoms with Crippen LogP contribution in [0.2, 0.25) is 0 Å². The summed E-state index contributed by atoms with van der Waals surface area (Å²) in [6.45, 7) is 14.6. The summed E-state index contributed by atoms with van der Waals surface area (Å²) in [5.74, 6) is 1.75. The van der Waals surface area contributed by atoms with Crippen LogP contribution in [0, 0.1) is 53.6 Å². The second-order valence-electron chi connectivity index (χ2n) is 29.4. The molecule has 36 heteroatoms. The van der Waals surface area contributed by atoms with Crippen molar-refractivity contribution in [2.45, 2.75) is 82.5 Å². The summed E-state index contributed by atoms with van der Waals surface area (Å²) < 4.78 is 70.9. The molecule has 0 aliphatic carbocycles. The summed E-state index contributed by atoms with van der Waals surface area (Å²) in [6, 6.07) is 61.5. The average molecular weight is 2820 g/mol. The van der Waals surface area contributed by atoms with Gasteiger partial charge in [0.15, 0.2) is 28.9 Å². The minimum Gasteiger partial charge on any atom is -0.540 e. The number of allylic oxidation sites excluding steroid dienone is 10. The fraction of sp³-hybridized carbons (Fsp3) is 0.179. The van der Waals surface area contributed by atoms with Gasteiger partial charge in [0.05, 0.1) is 71.2 Å². The second-order valence-corrected chi connectivity index (χ2v) is 29.4. The molecule has 5 radical (unpaired) electrons. The van der Waals surface area contributed by atoms with E-state index < -0.39 is 23.3 Å². The fourth-order valence-corrected chi connectivity index (χ4v) is 12.9. The van der Waals surface area contributed by atoms with Gasteiger partial charge in [-0.2, -0.15) is 0 Å². The Morgan fingerprint density at radius 2 is 0.549 bits per heavy atom. The Morgan fingerprint density at radius 3 is 0.761 bits per heavy atom. The summed E-state index contributed by atoms with van der Waals surface area (Å²) in [7, 11) is 12.4. The Balaban J connectivity index is 0.000000787. The molecule has 0 atom stereocenters. The minimum absolute atomic E-state index is 0. The van der Waals surface area contributed by atoms with E-state index in [1.807, 2.05) is 114 Å². The van der Waals surface area contributed by atoms with Crippen molar-refractivity contribution in [1.82, 2.24) is 62.7 Å². The normalized spacial score (nSPS) is 10.8. The molecule has 8 heterocycles. The molecule has 142 heavy (non-hydrogen) atoms. The molecule has 0 amide bonds. The van der Waals surface area contributed by atoms with Crippen LogP contribution in [0.15, 0.2) is 298 Å². The van der Waals surface area contributed by atoms with Gasteiger partial charge in [-0.25, -0.2) is 0 Å². The van der Waals surface area contributed by atoms with Crippen molar-refractivity contribution in [3.63, 3.8) is 0 Å². The molecule has 7 aromatic carbocycles. The fourth-order valence-electron chi connectivity index (χ4n) is 12.9. The smallest absolute Gasteiger partial charge is 0.163 e. The van der Waals surface area contributed by atoms with Crippen LogP contribution in [0.4, 0.5) is 17.6 Å². The summed E-state index contributed by atoms with van der Waals surface area (Å²) in [5, 5.41) is 65.0. The summed E-state index contributed by atoms with van der Waals surface area (Å²) in [5.41, 5.74) is 9.95. The van der Waals surface area contributed by atoms with Gasteiger partial charge in [0.2, 0.25) is 0 Å². The topological polar surface area (TPSA) is 373 Å². The maximum atomic E-state index is 13.3. The molecule has 0 bridgehead atoms. The molecule has 0 unspecified atom stereocenters. The van der Waals surface area contributed by atoms with Crippen LogP contribution in [0.25, 0.3) is 84.8 Å². The molecule has 0 aliphatic rings. The van der Waals surface area contributed by atoms with Gasteiger partial charge in [0.25, 0.3) is 0 Å². The van der Waals surface area contributed by atoms with E-state index in [0.717, 1.165) is 80.7 Å². The van der Waals surface area contributed by atoms with Gasteiger partial charge in [0.1, 0.15) is 28.8 Å². The molecule has 0 spiro atoms. The van der Waals surface area contributed by atoms with E-state index in [1.165, 1.54) is 69.2 Å². The number of nitrogens with zero attached hydrogens (tertiary/aromatic N) is 13. The van der Waals surface area contributed by atoms with Crippen molar-refractivity contribution in [3.05, 3.63) is 390 Å². The molecular formula is C106H106F4Ir5N13O14-5. The largest absolute Gasteiger partial charge is 0.540 e. The number of hydrogen-bond donors (Lipinski definition) is 7. The molecule has 8 aromatic heterocycles. The van der Waals surface area contributed by atoms with Crippen LogP contribution in [-0.2, 0) is 173 Å². The molecule has 0 fully saturated rings. The number of methoxy groups -OCH3 is 2. The number of hydrogen-bond acceptors (Lipinski definition) is 22. The van der Waals surface area contributed by atoms with Gasteiger partial charge in [-0.15, -0.1) is 95.6 Å². The van der Waals surface area contributed by atoms with Crippen LogP contribution >= 0.6 is 0 Å². The molecular weight excluding hydrogens is 2720 g/mol.